The fourth-order valence-electron chi connectivity index (χ4n) is 1.19. The van der Waals surface area contributed by atoms with Crippen LogP contribution in [-0.2, 0) is 6.61 Å². The second kappa shape index (κ2) is 3.45. The molecule has 70 valence electrons. The number of benzene rings is 1. The molecule has 0 amide bonds. The van der Waals surface area contributed by atoms with Crippen molar-refractivity contribution in [1.29, 1.82) is 0 Å². The molecule has 0 spiro atoms. The molecule has 0 saturated carbocycles. The third-order valence-corrected chi connectivity index (χ3v) is 1.93. The van der Waals surface area contributed by atoms with Crippen molar-refractivity contribution in [2.45, 2.75) is 13.5 Å². The highest BCUT2D eigenvalue weighted by molar-refractivity contribution is 5.84. The minimum Gasteiger partial charge on any atom is -0.504 e. The molecular formula is C9H10O4. The minimum atomic E-state index is -0.482. The highest BCUT2D eigenvalue weighted by atomic mass is 16.3. The summed E-state index contributed by atoms with van der Waals surface area (Å²) < 4.78 is 0. The Morgan fingerprint density at radius 1 is 1.46 bits per heavy atom. The first kappa shape index (κ1) is 9.54. The lowest BCUT2D eigenvalue weighted by atomic mass is 10.0. The van der Waals surface area contributed by atoms with E-state index in [0.29, 0.717) is 17.4 Å². The molecule has 13 heavy (non-hydrogen) atoms. The van der Waals surface area contributed by atoms with Gasteiger partial charge in [-0.25, -0.2) is 0 Å². The molecule has 0 aliphatic carbocycles. The maximum Gasteiger partial charge on any atom is 0.168 e. The Labute approximate surface area is 75.1 Å². The van der Waals surface area contributed by atoms with E-state index < -0.39 is 5.75 Å². The smallest absolute Gasteiger partial charge is 0.168 e. The SMILES string of the molecule is Cc1cc(O)c(O)c(C=O)c1CO. The van der Waals surface area contributed by atoms with Crippen molar-refractivity contribution in [1.82, 2.24) is 0 Å². The molecule has 0 saturated heterocycles. The van der Waals surface area contributed by atoms with E-state index in [1.54, 1.807) is 6.92 Å². The van der Waals surface area contributed by atoms with E-state index in [2.05, 4.69) is 0 Å². The third-order valence-electron chi connectivity index (χ3n) is 1.93. The molecule has 0 unspecified atom stereocenters. The molecule has 0 aromatic heterocycles. The van der Waals surface area contributed by atoms with E-state index in [-0.39, 0.29) is 17.9 Å². The summed E-state index contributed by atoms with van der Waals surface area (Å²) in [4.78, 5) is 10.5. The summed E-state index contributed by atoms with van der Waals surface area (Å²) in [6, 6.07) is 1.30. The largest absolute Gasteiger partial charge is 0.504 e. The fraction of sp³-hybridized carbons (Fsp3) is 0.222. The number of phenols is 2. The number of rotatable bonds is 2. The van der Waals surface area contributed by atoms with Crippen LogP contribution in [0.4, 0.5) is 0 Å². The Balaban J connectivity index is 3.50. The number of aliphatic hydroxyl groups is 1. The van der Waals surface area contributed by atoms with Crippen LogP contribution in [-0.4, -0.2) is 21.6 Å². The van der Waals surface area contributed by atoms with E-state index in [0.717, 1.165) is 0 Å². The number of phenolic OH excluding ortho intramolecular Hbond substituents is 2. The van der Waals surface area contributed by atoms with Crippen molar-refractivity contribution in [2.75, 3.05) is 0 Å². The monoisotopic (exact) mass is 182 g/mol. The highest BCUT2D eigenvalue weighted by Crippen LogP contribution is 2.32. The second-order valence-electron chi connectivity index (χ2n) is 2.73. The Hall–Kier alpha value is -1.55. The van der Waals surface area contributed by atoms with Crippen LogP contribution in [0.25, 0.3) is 0 Å². The van der Waals surface area contributed by atoms with Crippen molar-refractivity contribution in [3.05, 3.63) is 22.8 Å². The number of aromatic hydroxyl groups is 2. The van der Waals surface area contributed by atoms with Gasteiger partial charge in [-0.15, -0.1) is 0 Å². The Kier molecular flexibility index (Phi) is 2.53. The zero-order chi connectivity index (χ0) is 10.0. The van der Waals surface area contributed by atoms with E-state index in [1.165, 1.54) is 6.07 Å². The molecule has 0 bridgehead atoms. The minimum absolute atomic E-state index is 0.0556. The number of aldehydes is 1. The summed E-state index contributed by atoms with van der Waals surface area (Å²) >= 11 is 0. The molecule has 4 nitrogen and oxygen atoms in total. The van der Waals surface area contributed by atoms with Crippen LogP contribution in [0.2, 0.25) is 0 Å². The molecule has 0 aliphatic rings. The van der Waals surface area contributed by atoms with E-state index >= 15 is 0 Å². The summed E-state index contributed by atoms with van der Waals surface area (Å²) in [6.45, 7) is 1.30. The van der Waals surface area contributed by atoms with Gasteiger partial charge in [0.2, 0.25) is 0 Å². The number of hydrogen-bond acceptors (Lipinski definition) is 4. The first-order chi connectivity index (χ1) is 6.11. The zero-order valence-corrected chi connectivity index (χ0v) is 7.11. The Morgan fingerprint density at radius 3 is 2.54 bits per heavy atom. The van der Waals surface area contributed by atoms with Crippen LogP contribution >= 0.6 is 0 Å². The van der Waals surface area contributed by atoms with Crippen molar-refractivity contribution >= 4 is 6.29 Å². The number of hydrogen-bond donors (Lipinski definition) is 3. The molecule has 1 aromatic carbocycles. The molecular weight excluding hydrogens is 172 g/mol. The molecule has 1 aromatic rings. The van der Waals surface area contributed by atoms with Crippen LogP contribution in [0.15, 0.2) is 6.07 Å². The van der Waals surface area contributed by atoms with Gasteiger partial charge in [0.25, 0.3) is 0 Å². The molecule has 0 radical (unpaired) electrons. The molecule has 3 N–H and O–H groups in total. The third kappa shape index (κ3) is 1.48. The predicted octanol–water partition coefficient (Wildman–Crippen LogP) is 0.711. The van der Waals surface area contributed by atoms with Gasteiger partial charge in [-0.2, -0.15) is 0 Å². The highest BCUT2D eigenvalue weighted by Gasteiger charge is 2.13. The summed E-state index contributed by atoms with van der Waals surface area (Å²) in [5.41, 5.74) is 0.852. The normalized spacial score (nSPS) is 10.0. The van der Waals surface area contributed by atoms with Gasteiger partial charge < -0.3 is 15.3 Å². The lowest BCUT2D eigenvalue weighted by Crippen LogP contribution is -1.96. The second-order valence-corrected chi connectivity index (χ2v) is 2.73. The van der Waals surface area contributed by atoms with Crippen molar-refractivity contribution in [3.8, 4) is 11.5 Å². The maximum absolute atomic E-state index is 10.5. The van der Waals surface area contributed by atoms with Crippen LogP contribution in [0, 0.1) is 6.92 Å². The average Bonchev–Trinajstić information content (AvgIpc) is 2.10. The number of aliphatic hydroxyl groups excluding tert-OH is 1. The Morgan fingerprint density at radius 2 is 2.08 bits per heavy atom. The standard InChI is InChI=1S/C9H10O4/c1-5-2-8(12)9(13)7(4-11)6(5)3-10/h2,4,10,12-13H,3H2,1H3. The molecule has 0 atom stereocenters. The van der Waals surface area contributed by atoms with E-state index in [4.69, 9.17) is 10.2 Å². The van der Waals surface area contributed by atoms with Gasteiger partial charge in [-0.05, 0) is 24.1 Å². The first-order valence-corrected chi connectivity index (χ1v) is 3.72. The quantitative estimate of drug-likeness (QED) is 0.465. The number of carbonyl (C=O) groups excluding carboxylic acids is 1. The maximum atomic E-state index is 10.5. The Bertz CT molecular complexity index is 344. The summed E-state index contributed by atoms with van der Waals surface area (Å²) in [6.07, 6.45) is 0.410. The number of carbonyl (C=O) groups is 1. The van der Waals surface area contributed by atoms with Crippen molar-refractivity contribution < 1.29 is 20.1 Å². The van der Waals surface area contributed by atoms with Gasteiger partial charge in [-0.3, -0.25) is 4.79 Å². The topological polar surface area (TPSA) is 77.8 Å². The van der Waals surface area contributed by atoms with Crippen LogP contribution in [0.3, 0.4) is 0 Å². The lowest BCUT2D eigenvalue weighted by molar-refractivity contribution is 0.111. The van der Waals surface area contributed by atoms with Gasteiger partial charge in [0.1, 0.15) is 0 Å². The van der Waals surface area contributed by atoms with Crippen LogP contribution < -0.4 is 0 Å². The average molecular weight is 182 g/mol. The predicted molar refractivity (Wildman–Crippen MR) is 45.8 cm³/mol. The zero-order valence-electron chi connectivity index (χ0n) is 7.11. The molecule has 0 aliphatic heterocycles. The molecule has 0 fully saturated rings. The molecule has 0 heterocycles. The molecule has 4 heteroatoms. The summed E-state index contributed by atoms with van der Waals surface area (Å²) in [5, 5.41) is 27.3. The number of aryl methyl sites for hydroxylation is 1. The van der Waals surface area contributed by atoms with E-state index in [9.17, 15) is 9.90 Å². The van der Waals surface area contributed by atoms with Gasteiger partial charge in [0.15, 0.2) is 17.8 Å². The van der Waals surface area contributed by atoms with Crippen molar-refractivity contribution in [3.63, 3.8) is 0 Å². The summed E-state index contributed by atoms with van der Waals surface area (Å²) in [5.74, 6) is -0.832. The van der Waals surface area contributed by atoms with Gasteiger partial charge in [0.05, 0.1) is 12.2 Å². The van der Waals surface area contributed by atoms with Crippen LogP contribution in [0.5, 0.6) is 11.5 Å². The van der Waals surface area contributed by atoms with Crippen molar-refractivity contribution in [2.24, 2.45) is 0 Å². The fourth-order valence-corrected chi connectivity index (χ4v) is 1.19. The first-order valence-electron chi connectivity index (χ1n) is 3.72. The molecule has 1 rings (SSSR count). The van der Waals surface area contributed by atoms with Crippen LogP contribution in [0.1, 0.15) is 21.5 Å². The lowest BCUT2D eigenvalue weighted by Gasteiger charge is -2.08. The van der Waals surface area contributed by atoms with E-state index in [1.807, 2.05) is 0 Å². The van der Waals surface area contributed by atoms with Gasteiger partial charge in [0, 0.05) is 0 Å². The van der Waals surface area contributed by atoms with Gasteiger partial charge in [-0.1, -0.05) is 0 Å². The van der Waals surface area contributed by atoms with Gasteiger partial charge >= 0.3 is 0 Å². The summed E-state index contributed by atoms with van der Waals surface area (Å²) in [7, 11) is 0.